The molecular formula is C21H24N4O9. The van der Waals surface area contributed by atoms with E-state index < -0.39 is 60.9 Å². The van der Waals surface area contributed by atoms with E-state index in [-0.39, 0.29) is 18.1 Å². The fourth-order valence-corrected chi connectivity index (χ4v) is 3.34. The van der Waals surface area contributed by atoms with Crippen molar-refractivity contribution in [3.8, 4) is 11.5 Å². The van der Waals surface area contributed by atoms with Gasteiger partial charge in [-0.1, -0.05) is 0 Å². The molecule has 2 heterocycles. The number of hydrogen-bond acceptors (Lipinski definition) is 10. The van der Waals surface area contributed by atoms with Gasteiger partial charge in [-0.15, -0.1) is 0 Å². The molecule has 13 nitrogen and oxygen atoms in total. The summed E-state index contributed by atoms with van der Waals surface area (Å²) in [5.74, 6) is -2.20. The van der Waals surface area contributed by atoms with Gasteiger partial charge in [0.25, 0.3) is 5.56 Å². The van der Waals surface area contributed by atoms with Gasteiger partial charge < -0.3 is 29.7 Å². The highest BCUT2D eigenvalue weighted by molar-refractivity contribution is 5.81. The molecule has 0 fully saturated rings. The van der Waals surface area contributed by atoms with Gasteiger partial charge >= 0.3 is 17.6 Å². The Morgan fingerprint density at radius 3 is 2.41 bits per heavy atom. The maximum Gasteiger partial charge on any atom is 0.349 e. The van der Waals surface area contributed by atoms with E-state index in [9.17, 15) is 34.5 Å². The molecular weight excluding hydrogens is 452 g/mol. The number of nitrogens with one attached hydrogen (secondary N) is 1. The normalized spacial score (nSPS) is 14.1. The number of H-pyrrole nitrogens is 1. The second-order valence-electron chi connectivity index (χ2n) is 7.89. The van der Waals surface area contributed by atoms with Crippen LogP contribution in [0.2, 0.25) is 0 Å². The van der Waals surface area contributed by atoms with Crippen molar-refractivity contribution in [2.24, 2.45) is 0 Å². The Balaban J connectivity index is 1.89. The van der Waals surface area contributed by atoms with Crippen molar-refractivity contribution < 1.29 is 34.8 Å². The number of carboxylic acids is 1. The van der Waals surface area contributed by atoms with E-state index in [0.29, 0.717) is 11.0 Å². The number of carbonyl (C=O) groups is 2. The van der Waals surface area contributed by atoms with Crippen LogP contribution in [0.25, 0.3) is 22.6 Å². The smallest absolute Gasteiger partial charge is 0.349 e. The molecule has 0 bridgehead atoms. The monoisotopic (exact) mass is 476 g/mol. The van der Waals surface area contributed by atoms with Crippen LogP contribution in [0.15, 0.2) is 21.7 Å². The highest BCUT2D eigenvalue weighted by Crippen LogP contribution is 2.24. The summed E-state index contributed by atoms with van der Waals surface area (Å²) in [5.41, 5.74) is 0.719. The summed E-state index contributed by atoms with van der Waals surface area (Å²) >= 11 is 0. The van der Waals surface area contributed by atoms with Crippen molar-refractivity contribution in [1.82, 2.24) is 19.5 Å². The number of aromatic amines is 1. The molecule has 5 N–H and O–H groups in total. The largest absolute Gasteiger partial charge is 0.481 e. The van der Waals surface area contributed by atoms with E-state index in [4.69, 9.17) is 9.84 Å². The van der Waals surface area contributed by atoms with Gasteiger partial charge in [0.2, 0.25) is 0 Å². The highest BCUT2D eigenvalue weighted by Gasteiger charge is 2.29. The van der Waals surface area contributed by atoms with Crippen LogP contribution in [0.3, 0.4) is 0 Å². The SMILES string of the molecule is Cc1cc2nc3c(=O)[nH]c(=O)nc-3n(CC(O)C(O)C(O)COC(=O)CCC(=O)O)c2cc1C. The molecule has 0 amide bonds. The van der Waals surface area contributed by atoms with Crippen LogP contribution in [0.1, 0.15) is 24.0 Å². The van der Waals surface area contributed by atoms with E-state index >= 15 is 0 Å². The lowest BCUT2D eigenvalue weighted by Gasteiger charge is -2.25. The fourth-order valence-electron chi connectivity index (χ4n) is 3.34. The molecule has 13 heteroatoms. The molecule has 1 aromatic carbocycles. The van der Waals surface area contributed by atoms with Gasteiger partial charge in [-0.2, -0.15) is 4.98 Å². The molecule has 0 aliphatic carbocycles. The number of carbonyl (C=O) groups excluding carboxylic acids is 1. The quantitative estimate of drug-likeness (QED) is 0.181. The molecule has 34 heavy (non-hydrogen) atoms. The predicted molar refractivity (Wildman–Crippen MR) is 116 cm³/mol. The van der Waals surface area contributed by atoms with Gasteiger partial charge in [-0.3, -0.25) is 19.4 Å². The molecule has 0 saturated heterocycles. The Bertz CT molecular complexity index is 1320. The Hall–Kier alpha value is -3.68. The van der Waals surface area contributed by atoms with Gasteiger partial charge in [0.05, 0.1) is 30.4 Å². The number of aromatic nitrogens is 4. The first-order valence-electron chi connectivity index (χ1n) is 10.3. The molecule has 0 aromatic heterocycles. The molecule has 182 valence electrons. The maximum absolute atomic E-state index is 12.3. The van der Waals surface area contributed by atoms with E-state index in [2.05, 4.69) is 9.97 Å². The molecule has 2 aliphatic heterocycles. The van der Waals surface area contributed by atoms with Crippen molar-refractivity contribution in [2.75, 3.05) is 6.61 Å². The van der Waals surface area contributed by atoms with Crippen LogP contribution < -0.4 is 11.2 Å². The van der Waals surface area contributed by atoms with Gasteiger partial charge in [0.15, 0.2) is 11.5 Å². The van der Waals surface area contributed by atoms with Crippen molar-refractivity contribution in [3.05, 3.63) is 44.1 Å². The summed E-state index contributed by atoms with van der Waals surface area (Å²) in [5, 5.41) is 39.7. The Morgan fingerprint density at radius 1 is 1.06 bits per heavy atom. The number of ether oxygens (including phenoxy) is 1. The van der Waals surface area contributed by atoms with Crippen molar-refractivity contribution >= 4 is 23.0 Å². The third-order valence-corrected chi connectivity index (χ3v) is 5.34. The molecule has 0 saturated carbocycles. The number of carboxylic acid groups (broad SMARTS) is 1. The summed E-state index contributed by atoms with van der Waals surface area (Å²) in [4.78, 5) is 56.3. The Labute approximate surface area is 191 Å². The minimum atomic E-state index is -1.79. The highest BCUT2D eigenvalue weighted by atomic mass is 16.5. The minimum absolute atomic E-state index is 0.120. The van der Waals surface area contributed by atoms with Crippen LogP contribution in [-0.4, -0.2) is 76.8 Å². The molecule has 3 atom stereocenters. The fraction of sp³-hybridized carbons (Fsp3) is 0.429. The van der Waals surface area contributed by atoms with E-state index in [0.717, 1.165) is 11.1 Å². The number of hydrogen-bond donors (Lipinski definition) is 5. The zero-order valence-corrected chi connectivity index (χ0v) is 18.4. The molecule has 3 rings (SSSR count). The summed E-state index contributed by atoms with van der Waals surface area (Å²) in [7, 11) is 0. The average Bonchev–Trinajstić information content (AvgIpc) is 2.77. The third-order valence-electron chi connectivity index (χ3n) is 5.34. The standard InChI is InChI=1S/C21H24N4O9/c1-9-5-11-12(6-10(9)2)25(19-17(22-11)20(32)24-21(33)23-19)7-13(26)18(31)14(27)8-34-16(30)4-3-15(28)29/h5-6,13-14,18,26-27,31H,3-4,7-8H2,1-2H3,(H,28,29)(H,24,32,33). The first-order valence-corrected chi connectivity index (χ1v) is 10.3. The summed E-state index contributed by atoms with van der Waals surface area (Å²) in [6.07, 6.45) is -5.99. The summed E-state index contributed by atoms with van der Waals surface area (Å²) in [6.45, 7) is 2.61. The second kappa shape index (κ2) is 10.1. The lowest BCUT2D eigenvalue weighted by atomic mass is 10.1. The van der Waals surface area contributed by atoms with Crippen LogP contribution >= 0.6 is 0 Å². The van der Waals surface area contributed by atoms with Crippen molar-refractivity contribution in [1.29, 1.82) is 0 Å². The van der Waals surface area contributed by atoms with Gasteiger partial charge in [0.1, 0.15) is 24.9 Å². The Kier molecular flexibility index (Phi) is 7.39. The third kappa shape index (κ3) is 5.44. The first kappa shape index (κ1) is 25.0. The van der Waals surface area contributed by atoms with Gasteiger partial charge in [0, 0.05) is 0 Å². The number of nitrogens with zero attached hydrogens (tertiary/aromatic N) is 3. The first-order chi connectivity index (χ1) is 16.0. The van der Waals surface area contributed by atoms with Crippen LogP contribution in [0, 0.1) is 13.8 Å². The number of benzene rings is 1. The zero-order chi connectivity index (χ0) is 25.2. The minimum Gasteiger partial charge on any atom is -0.481 e. The van der Waals surface area contributed by atoms with Crippen molar-refractivity contribution in [3.63, 3.8) is 0 Å². The number of rotatable bonds is 9. The summed E-state index contributed by atoms with van der Waals surface area (Å²) < 4.78 is 6.08. The van der Waals surface area contributed by atoms with Gasteiger partial charge in [-0.05, 0) is 37.1 Å². The van der Waals surface area contributed by atoms with Crippen LogP contribution in [0.5, 0.6) is 0 Å². The predicted octanol–water partition coefficient (Wildman–Crippen LogP) is -1.31. The number of aliphatic hydroxyl groups is 3. The molecule has 0 spiro atoms. The lowest BCUT2D eigenvalue weighted by Crippen LogP contribution is -2.43. The van der Waals surface area contributed by atoms with E-state index in [1.807, 2.05) is 18.8 Å². The molecule has 1 aromatic rings. The topological polar surface area (TPSA) is 205 Å². The number of aliphatic hydroxyl groups excluding tert-OH is 3. The van der Waals surface area contributed by atoms with Crippen LogP contribution in [0.4, 0.5) is 0 Å². The number of aliphatic carboxylic acids is 1. The van der Waals surface area contributed by atoms with Gasteiger partial charge in [-0.25, -0.2) is 9.78 Å². The van der Waals surface area contributed by atoms with Crippen molar-refractivity contribution in [2.45, 2.75) is 51.5 Å². The average molecular weight is 476 g/mol. The molecule has 0 radical (unpaired) electrons. The number of aryl methyl sites for hydroxylation is 2. The molecule has 2 aliphatic rings. The summed E-state index contributed by atoms with van der Waals surface area (Å²) in [6, 6.07) is 3.45. The van der Waals surface area contributed by atoms with E-state index in [1.54, 1.807) is 12.1 Å². The number of esters is 1. The van der Waals surface area contributed by atoms with Crippen LogP contribution in [-0.2, 0) is 20.9 Å². The second-order valence-corrected chi connectivity index (χ2v) is 7.89. The Morgan fingerprint density at radius 2 is 1.74 bits per heavy atom. The molecule has 3 unspecified atom stereocenters. The van der Waals surface area contributed by atoms with E-state index in [1.165, 1.54) is 4.57 Å². The number of fused-ring (bicyclic) bond motifs is 2. The zero-order valence-electron chi connectivity index (χ0n) is 18.4. The maximum atomic E-state index is 12.3. The lowest BCUT2D eigenvalue weighted by molar-refractivity contribution is -0.154.